The first-order valence-corrected chi connectivity index (χ1v) is 4.26. The summed E-state index contributed by atoms with van der Waals surface area (Å²) >= 11 is 0. The summed E-state index contributed by atoms with van der Waals surface area (Å²) in [4.78, 5) is 20.6. The molecule has 94 valence electrons. The minimum Gasteiger partial charge on any atom is -0.530 e. The van der Waals surface area contributed by atoms with Crippen LogP contribution in [0.4, 0.5) is 22.8 Å². The van der Waals surface area contributed by atoms with Gasteiger partial charge in [0.1, 0.15) is 12.2 Å². The summed E-state index contributed by atoms with van der Waals surface area (Å²) in [7, 11) is 0. The molecule has 0 aliphatic carbocycles. The second-order valence-electron chi connectivity index (χ2n) is 3.79. The molecule has 0 heterocycles. The number of carboxylic acid groups (broad SMARTS) is 2. The third kappa shape index (κ3) is 4.37. The summed E-state index contributed by atoms with van der Waals surface area (Å²) in [6.45, 7) is 2.09. The van der Waals surface area contributed by atoms with Crippen molar-refractivity contribution in [1.29, 1.82) is 0 Å². The van der Waals surface area contributed by atoms with Crippen LogP contribution in [-0.2, 0) is 0 Å². The molecule has 0 saturated heterocycles. The van der Waals surface area contributed by atoms with E-state index in [0.717, 1.165) is 13.8 Å². The highest BCUT2D eigenvalue weighted by atomic mass is 19.4. The van der Waals surface area contributed by atoms with Crippen LogP contribution in [0, 0.1) is 0 Å². The van der Waals surface area contributed by atoms with Crippen molar-refractivity contribution >= 4 is 12.2 Å². The van der Waals surface area contributed by atoms with Gasteiger partial charge in [-0.2, -0.15) is 13.2 Å². The van der Waals surface area contributed by atoms with Crippen LogP contribution in [0.15, 0.2) is 0 Å². The molecule has 0 bridgehead atoms. The fourth-order valence-electron chi connectivity index (χ4n) is 1.13. The van der Waals surface area contributed by atoms with Crippen LogP contribution in [0.1, 0.15) is 26.7 Å². The molecule has 0 radical (unpaired) electrons. The lowest BCUT2D eigenvalue weighted by Gasteiger charge is -2.40. The Kier molecular flexibility index (Phi) is 4.16. The smallest absolute Gasteiger partial charge is 0.389 e. The van der Waals surface area contributed by atoms with Gasteiger partial charge in [-0.15, -0.1) is 0 Å². The molecule has 0 aliphatic heterocycles. The number of hydrogen-bond acceptors (Lipinski definition) is 4. The number of carbonyl (C=O) groups excluding carboxylic acids is 2. The van der Waals surface area contributed by atoms with E-state index >= 15 is 0 Å². The van der Waals surface area contributed by atoms with Crippen molar-refractivity contribution < 1.29 is 33.0 Å². The van der Waals surface area contributed by atoms with E-state index in [1.165, 1.54) is 0 Å². The average molecular weight is 241 g/mol. The van der Waals surface area contributed by atoms with Gasteiger partial charge in [0.15, 0.2) is 0 Å². The third-order valence-corrected chi connectivity index (χ3v) is 1.99. The zero-order valence-corrected chi connectivity index (χ0v) is 8.63. The molecule has 2 amide bonds. The molecule has 0 aliphatic rings. The van der Waals surface area contributed by atoms with E-state index in [2.05, 4.69) is 0 Å². The molecular weight excluding hydrogens is 231 g/mol. The standard InChI is InChI=1S/C8H12F3NO4/c1-7(2,3-4-8(9,10)11)12(5(13)14)6(15)16/h3-4H2,1-2H3,(H,13,14)(H,15,16)/p-2. The topological polar surface area (TPSA) is 83.5 Å². The van der Waals surface area contributed by atoms with Crippen LogP contribution in [0.25, 0.3) is 0 Å². The first kappa shape index (κ1) is 14.5. The number of carbonyl (C=O) groups is 2. The fraction of sp³-hybridized carbons (Fsp3) is 0.750. The van der Waals surface area contributed by atoms with Crippen molar-refractivity contribution in [2.75, 3.05) is 0 Å². The Morgan fingerprint density at radius 1 is 1.06 bits per heavy atom. The number of nitrogens with zero attached hydrogens (tertiary/aromatic N) is 1. The number of amides is 2. The number of halogens is 3. The molecule has 0 unspecified atom stereocenters. The van der Waals surface area contributed by atoms with Gasteiger partial charge in [0, 0.05) is 12.0 Å². The quantitative estimate of drug-likeness (QED) is 0.701. The van der Waals surface area contributed by atoms with Gasteiger partial charge in [0.25, 0.3) is 0 Å². The van der Waals surface area contributed by atoms with Gasteiger partial charge in [-0.25, -0.2) is 0 Å². The molecule has 0 aromatic rings. The predicted octanol–water partition coefficient (Wildman–Crippen LogP) is 0.0961. The maximum Gasteiger partial charge on any atom is 0.389 e. The van der Waals surface area contributed by atoms with E-state index in [9.17, 15) is 33.0 Å². The summed E-state index contributed by atoms with van der Waals surface area (Å²) in [5.74, 6) is 0. The molecule has 0 aromatic heterocycles. The second kappa shape index (κ2) is 4.58. The molecule has 0 N–H and O–H groups in total. The number of rotatable bonds is 3. The van der Waals surface area contributed by atoms with Crippen LogP contribution in [0.3, 0.4) is 0 Å². The van der Waals surface area contributed by atoms with Gasteiger partial charge in [-0.1, -0.05) is 0 Å². The zero-order valence-electron chi connectivity index (χ0n) is 8.63. The Morgan fingerprint density at radius 2 is 1.44 bits per heavy atom. The Morgan fingerprint density at radius 3 is 1.69 bits per heavy atom. The van der Waals surface area contributed by atoms with E-state index in [-0.39, 0.29) is 4.90 Å². The summed E-state index contributed by atoms with van der Waals surface area (Å²) in [5, 5.41) is 20.8. The molecule has 0 atom stereocenters. The molecule has 0 fully saturated rings. The first-order chi connectivity index (χ1) is 6.97. The second-order valence-corrected chi connectivity index (χ2v) is 3.79. The largest absolute Gasteiger partial charge is 0.530 e. The summed E-state index contributed by atoms with van der Waals surface area (Å²) in [6, 6.07) is 0. The van der Waals surface area contributed by atoms with Crippen molar-refractivity contribution in [3.63, 3.8) is 0 Å². The Labute approximate surface area is 89.5 Å². The Hall–Kier alpha value is -1.47. The van der Waals surface area contributed by atoms with E-state index in [4.69, 9.17) is 0 Å². The monoisotopic (exact) mass is 241 g/mol. The molecule has 0 spiro atoms. The van der Waals surface area contributed by atoms with Gasteiger partial charge in [0.2, 0.25) is 0 Å². The van der Waals surface area contributed by atoms with Crippen molar-refractivity contribution in [1.82, 2.24) is 4.90 Å². The highest BCUT2D eigenvalue weighted by Gasteiger charge is 2.34. The van der Waals surface area contributed by atoms with Gasteiger partial charge in [-0.3, -0.25) is 0 Å². The summed E-state index contributed by atoms with van der Waals surface area (Å²) in [6.07, 6.45) is -10.7. The zero-order chi connectivity index (χ0) is 13.1. The summed E-state index contributed by atoms with van der Waals surface area (Å²) in [5.41, 5.74) is -1.74. The SMILES string of the molecule is CC(C)(CCC(F)(F)F)N(C(=O)[O-])C(=O)[O-]. The first-order valence-electron chi connectivity index (χ1n) is 4.26. The van der Waals surface area contributed by atoms with Crippen LogP contribution >= 0.6 is 0 Å². The Balaban J connectivity index is 4.74. The van der Waals surface area contributed by atoms with Gasteiger partial charge < -0.3 is 24.7 Å². The van der Waals surface area contributed by atoms with Crippen LogP contribution < -0.4 is 10.2 Å². The lowest BCUT2D eigenvalue weighted by atomic mass is 9.96. The fourth-order valence-corrected chi connectivity index (χ4v) is 1.13. The molecule has 0 saturated carbocycles. The van der Waals surface area contributed by atoms with Crippen molar-refractivity contribution in [3.8, 4) is 0 Å². The molecule has 0 aromatic carbocycles. The van der Waals surface area contributed by atoms with Crippen molar-refractivity contribution in [2.45, 2.75) is 38.4 Å². The average Bonchev–Trinajstić information content (AvgIpc) is 1.97. The third-order valence-electron chi connectivity index (χ3n) is 1.99. The molecule has 5 nitrogen and oxygen atoms in total. The highest BCUT2D eigenvalue weighted by molar-refractivity contribution is 5.84. The lowest BCUT2D eigenvalue weighted by molar-refractivity contribution is -0.298. The van der Waals surface area contributed by atoms with Gasteiger partial charge in [-0.05, 0) is 20.3 Å². The van der Waals surface area contributed by atoms with Gasteiger partial charge >= 0.3 is 6.18 Å². The van der Waals surface area contributed by atoms with Crippen molar-refractivity contribution in [2.24, 2.45) is 0 Å². The number of alkyl halides is 3. The van der Waals surface area contributed by atoms with Crippen molar-refractivity contribution in [3.05, 3.63) is 0 Å². The molecule has 0 rings (SSSR count). The van der Waals surface area contributed by atoms with Gasteiger partial charge in [0.05, 0.1) is 0 Å². The van der Waals surface area contributed by atoms with E-state index in [1.54, 1.807) is 0 Å². The minimum atomic E-state index is -4.49. The van der Waals surface area contributed by atoms with E-state index in [0.29, 0.717) is 0 Å². The summed E-state index contributed by atoms with van der Waals surface area (Å²) < 4.78 is 35.7. The molecule has 8 heteroatoms. The van der Waals surface area contributed by atoms with Crippen LogP contribution in [-0.4, -0.2) is 28.8 Å². The predicted molar refractivity (Wildman–Crippen MR) is 42.0 cm³/mol. The maximum absolute atomic E-state index is 11.9. The Bertz CT molecular complexity index is 273. The molecule has 16 heavy (non-hydrogen) atoms. The van der Waals surface area contributed by atoms with Crippen LogP contribution in [0.2, 0.25) is 0 Å². The number of hydrogen-bond donors (Lipinski definition) is 0. The minimum absolute atomic E-state index is 0.251. The molecular formula is C8H10F3NO4-2. The van der Waals surface area contributed by atoms with E-state index in [1.807, 2.05) is 0 Å². The maximum atomic E-state index is 11.9. The normalized spacial score (nSPS) is 12.3. The number of imide groups is 1. The lowest BCUT2D eigenvalue weighted by Crippen LogP contribution is -2.60. The van der Waals surface area contributed by atoms with E-state index < -0.39 is 36.7 Å². The highest BCUT2D eigenvalue weighted by Crippen LogP contribution is 2.28. The van der Waals surface area contributed by atoms with Crippen LogP contribution in [0.5, 0.6) is 0 Å².